The Morgan fingerprint density at radius 3 is 2.94 bits per heavy atom. The van der Waals surface area contributed by atoms with E-state index in [1.54, 1.807) is 11.3 Å². The van der Waals surface area contributed by atoms with Gasteiger partial charge in [0.05, 0.1) is 6.54 Å². The molecule has 0 bridgehead atoms. The third kappa shape index (κ3) is 4.51. The van der Waals surface area contributed by atoms with Gasteiger partial charge in [-0.15, -0.1) is 11.3 Å². The van der Waals surface area contributed by atoms with Crippen LogP contribution in [0, 0.1) is 11.8 Å². The highest BCUT2D eigenvalue weighted by molar-refractivity contribution is 7.10. The molecule has 0 spiro atoms. The van der Waals surface area contributed by atoms with Crippen LogP contribution in [0.2, 0.25) is 0 Å². The van der Waals surface area contributed by atoms with Crippen molar-refractivity contribution in [2.75, 3.05) is 13.6 Å². The van der Waals surface area contributed by atoms with Crippen molar-refractivity contribution in [2.24, 2.45) is 5.73 Å². The predicted molar refractivity (Wildman–Crippen MR) is 76.1 cm³/mol. The summed E-state index contributed by atoms with van der Waals surface area (Å²) in [6.45, 7) is 5.92. The molecule has 0 radical (unpaired) electrons. The van der Waals surface area contributed by atoms with Crippen LogP contribution in [0.1, 0.15) is 37.1 Å². The molecule has 0 saturated heterocycles. The molecule has 0 amide bonds. The SMILES string of the molecule is CCCC(C)N(C)Cc1sccc1C#CCN. The average molecular weight is 250 g/mol. The Bertz CT molecular complexity index is 386. The molecule has 1 unspecified atom stereocenters. The quantitative estimate of drug-likeness (QED) is 0.814. The summed E-state index contributed by atoms with van der Waals surface area (Å²) in [6, 6.07) is 2.71. The van der Waals surface area contributed by atoms with E-state index in [1.165, 1.54) is 17.7 Å². The summed E-state index contributed by atoms with van der Waals surface area (Å²) in [4.78, 5) is 3.74. The summed E-state index contributed by atoms with van der Waals surface area (Å²) >= 11 is 1.78. The molecule has 1 rings (SSSR count). The Hall–Kier alpha value is -0.820. The summed E-state index contributed by atoms with van der Waals surface area (Å²) in [7, 11) is 2.18. The summed E-state index contributed by atoms with van der Waals surface area (Å²) in [5, 5.41) is 2.11. The highest BCUT2D eigenvalue weighted by atomic mass is 32.1. The molecule has 0 aromatic carbocycles. The van der Waals surface area contributed by atoms with Crippen molar-refractivity contribution < 1.29 is 0 Å². The number of thiophene rings is 1. The fourth-order valence-corrected chi connectivity index (χ4v) is 2.63. The first-order valence-corrected chi connectivity index (χ1v) is 7.02. The first-order valence-electron chi connectivity index (χ1n) is 6.14. The van der Waals surface area contributed by atoms with Crippen LogP contribution >= 0.6 is 11.3 Å². The lowest BCUT2D eigenvalue weighted by Crippen LogP contribution is -2.28. The van der Waals surface area contributed by atoms with Gasteiger partial charge in [0.25, 0.3) is 0 Å². The first-order chi connectivity index (χ1) is 8.19. The van der Waals surface area contributed by atoms with Gasteiger partial charge in [-0.2, -0.15) is 0 Å². The molecule has 1 atom stereocenters. The molecular weight excluding hydrogens is 228 g/mol. The van der Waals surface area contributed by atoms with Crippen LogP contribution in [0.5, 0.6) is 0 Å². The third-order valence-electron chi connectivity index (χ3n) is 2.92. The zero-order valence-corrected chi connectivity index (χ0v) is 11.8. The molecular formula is C14H22N2S. The van der Waals surface area contributed by atoms with Gasteiger partial charge < -0.3 is 5.73 Å². The van der Waals surface area contributed by atoms with E-state index in [4.69, 9.17) is 5.73 Å². The molecule has 2 N–H and O–H groups in total. The van der Waals surface area contributed by atoms with Crippen molar-refractivity contribution >= 4 is 11.3 Å². The van der Waals surface area contributed by atoms with Crippen LogP contribution in [-0.2, 0) is 6.54 Å². The lowest BCUT2D eigenvalue weighted by atomic mass is 10.1. The van der Waals surface area contributed by atoms with Crippen molar-refractivity contribution in [3.05, 3.63) is 21.9 Å². The monoisotopic (exact) mass is 250 g/mol. The maximum Gasteiger partial charge on any atom is 0.0555 e. The van der Waals surface area contributed by atoms with Gasteiger partial charge in [0.1, 0.15) is 0 Å². The van der Waals surface area contributed by atoms with E-state index < -0.39 is 0 Å². The summed E-state index contributed by atoms with van der Waals surface area (Å²) < 4.78 is 0. The molecule has 17 heavy (non-hydrogen) atoms. The van der Waals surface area contributed by atoms with Gasteiger partial charge in [0.15, 0.2) is 0 Å². The fraction of sp³-hybridized carbons (Fsp3) is 0.571. The highest BCUT2D eigenvalue weighted by Crippen LogP contribution is 2.19. The van der Waals surface area contributed by atoms with Crippen LogP contribution in [0.15, 0.2) is 11.4 Å². The van der Waals surface area contributed by atoms with Crippen molar-refractivity contribution in [1.29, 1.82) is 0 Å². The Morgan fingerprint density at radius 2 is 2.29 bits per heavy atom. The Labute approximate surface area is 109 Å². The van der Waals surface area contributed by atoms with Gasteiger partial charge in [0.2, 0.25) is 0 Å². The normalized spacial score (nSPS) is 12.3. The zero-order chi connectivity index (χ0) is 12.7. The minimum Gasteiger partial charge on any atom is -0.320 e. The first kappa shape index (κ1) is 14.2. The van der Waals surface area contributed by atoms with E-state index in [1.807, 2.05) is 0 Å². The molecule has 2 nitrogen and oxygen atoms in total. The second-order valence-electron chi connectivity index (χ2n) is 4.32. The van der Waals surface area contributed by atoms with Gasteiger partial charge in [0, 0.05) is 23.0 Å². The summed E-state index contributed by atoms with van der Waals surface area (Å²) in [6.07, 6.45) is 2.47. The summed E-state index contributed by atoms with van der Waals surface area (Å²) in [5.41, 5.74) is 6.54. The molecule has 0 saturated carbocycles. The minimum atomic E-state index is 0.428. The van der Waals surface area contributed by atoms with E-state index in [9.17, 15) is 0 Å². The molecule has 94 valence electrons. The van der Waals surface area contributed by atoms with Crippen LogP contribution < -0.4 is 5.73 Å². The largest absolute Gasteiger partial charge is 0.320 e. The van der Waals surface area contributed by atoms with E-state index in [0.29, 0.717) is 12.6 Å². The van der Waals surface area contributed by atoms with Crippen LogP contribution in [0.4, 0.5) is 0 Å². The maximum absolute atomic E-state index is 5.40. The number of hydrogen-bond acceptors (Lipinski definition) is 3. The van der Waals surface area contributed by atoms with E-state index >= 15 is 0 Å². The van der Waals surface area contributed by atoms with Crippen LogP contribution in [-0.4, -0.2) is 24.5 Å². The van der Waals surface area contributed by atoms with Gasteiger partial charge in [-0.1, -0.05) is 25.2 Å². The second kappa shape index (κ2) is 7.50. The highest BCUT2D eigenvalue weighted by Gasteiger charge is 2.11. The molecule has 0 aliphatic carbocycles. The third-order valence-corrected chi connectivity index (χ3v) is 3.83. The average Bonchev–Trinajstić information content (AvgIpc) is 2.74. The molecule has 0 aliphatic rings. The Kier molecular flexibility index (Phi) is 6.28. The molecule has 1 aromatic rings. The Morgan fingerprint density at radius 1 is 1.53 bits per heavy atom. The van der Waals surface area contributed by atoms with Gasteiger partial charge in [-0.3, -0.25) is 4.90 Å². The van der Waals surface area contributed by atoms with Crippen molar-refractivity contribution in [1.82, 2.24) is 4.90 Å². The maximum atomic E-state index is 5.40. The van der Waals surface area contributed by atoms with Crippen molar-refractivity contribution in [3.63, 3.8) is 0 Å². The Balaban J connectivity index is 2.65. The number of hydrogen-bond donors (Lipinski definition) is 1. The fourth-order valence-electron chi connectivity index (χ4n) is 1.74. The second-order valence-corrected chi connectivity index (χ2v) is 5.32. The standard InChI is InChI=1S/C14H22N2S/c1-4-6-12(2)16(3)11-14-13(7-5-9-15)8-10-17-14/h8,10,12H,4,6,9,11,15H2,1-3H3. The van der Waals surface area contributed by atoms with Crippen molar-refractivity contribution in [2.45, 2.75) is 39.3 Å². The predicted octanol–water partition coefficient (Wildman–Crippen LogP) is 2.68. The van der Waals surface area contributed by atoms with E-state index in [-0.39, 0.29) is 0 Å². The number of nitrogens with zero attached hydrogens (tertiary/aromatic N) is 1. The lowest BCUT2D eigenvalue weighted by Gasteiger charge is -2.23. The lowest BCUT2D eigenvalue weighted by molar-refractivity contribution is 0.238. The van der Waals surface area contributed by atoms with E-state index in [2.05, 4.69) is 49.1 Å². The number of rotatable bonds is 5. The van der Waals surface area contributed by atoms with Crippen LogP contribution in [0.25, 0.3) is 0 Å². The van der Waals surface area contributed by atoms with Crippen molar-refractivity contribution in [3.8, 4) is 11.8 Å². The number of nitrogens with two attached hydrogens (primary N) is 1. The molecule has 3 heteroatoms. The minimum absolute atomic E-state index is 0.428. The summed E-state index contributed by atoms with van der Waals surface area (Å²) in [5.74, 6) is 6.06. The molecule has 0 aliphatic heterocycles. The molecule has 0 fully saturated rings. The van der Waals surface area contributed by atoms with Gasteiger partial charge in [-0.25, -0.2) is 0 Å². The smallest absolute Gasteiger partial charge is 0.0555 e. The topological polar surface area (TPSA) is 29.3 Å². The zero-order valence-electron chi connectivity index (χ0n) is 11.0. The molecule has 1 aromatic heterocycles. The molecule has 1 heterocycles. The van der Waals surface area contributed by atoms with Gasteiger partial charge >= 0.3 is 0 Å². The van der Waals surface area contributed by atoms with Gasteiger partial charge in [-0.05, 0) is 31.8 Å². The van der Waals surface area contributed by atoms with Crippen LogP contribution in [0.3, 0.4) is 0 Å². The van der Waals surface area contributed by atoms with E-state index in [0.717, 1.165) is 12.1 Å².